The molecule has 2 heterocycles. The van der Waals surface area contributed by atoms with Gasteiger partial charge in [-0.2, -0.15) is 4.98 Å². The highest BCUT2D eigenvalue weighted by Crippen LogP contribution is 2.26. The van der Waals surface area contributed by atoms with Gasteiger partial charge >= 0.3 is 0 Å². The minimum Gasteiger partial charge on any atom is -0.337 e. The van der Waals surface area contributed by atoms with Crippen LogP contribution in [0.2, 0.25) is 0 Å². The van der Waals surface area contributed by atoms with Crippen LogP contribution >= 0.6 is 0 Å². The van der Waals surface area contributed by atoms with Crippen LogP contribution in [0.3, 0.4) is 0 Å². The summed E-state index contributed by atoms with van der Waals surface area (Å²) in [5.41, 5.74) is 3.17. The van der Waals surface area contributed by atoms with Crippen LogP contribution in [0.4, 0.5) is 0 Å². The van der Waals surface area contributed by atoms with E-state index in [2.05, 4.69) is 15.1 Å². The molecule has 0 aliphatic heterocycles. The predicted octanol–water partition coefficient (Wildman–Crippen LogP) is 4.23. The fraction of sp³-hybridized carbons (Fsp3) is 0.333. The van der Waals surface area contributed by atoms with Crippen molar-refractivity contribution in [2.24, 2.45) is 0 Å². The first-order chi connectivity index (χ1) is 13.0. The molecule has 0 aliphatic carbocycles. The maximum absolute atomic E-state index is 13.3. The molecule has 0 saturated carbocycles. The number of pyridine rings is 1. The van der Waals surface area contributed by atoms with E-state index in [1.54, 1.807) is 11.1 Å². The molecule has 27 heavy (non-hydrogen) atoms. The van der Waals surface area contributed by atoms with Crippen molar-refractivity contribution in [1.29, 1.82) is 0 Å². The summed E-state index contributed by atoms with van der Waals surface area (Å²) < 4.78 is 5.32. The van der Waals surface area contributed by atoms with Gasteiger partial charge in [-0.3, -0.25) is 9.78 Å². The first-order valence-electron chi connectivity index (χ1n) is 9.14. The number of amides is 1. The molecule has 3 rings (SSSR count). The lowest BCUT2D eigenvalue weighted by Crippen LogP contribution is -2.31. The summed E-state index contributed by atoms with van der Waals surface area (Å²) in [6.45, 7) is 8.60. The van der Waals surface area contributed by atoms with Crippen molar-refractivity contribution in [2.45, 2.75) is 40.2 Å². The minimum atomic E-state index is -0.0914. The van der Waals surface area contributed by atoms with Crippen molar-refractivity contribution in [1.82, 2.24) is 20.0 Å². The van der Waals surface area contributed by atoms with Crippen LogP contribution in [0.15, 0.2) is 47.1 Å². The molecular weight excluding hydrogens is 340 g/mol. The summed E-state index contributed by atoms with van der Waals surface area (Å²) in [6, 6.07) is 11.8. The SMILES string of the molecule is CCN(Cc1nc(C(C)C)no1)C(=O)c1c(-c2ccccc2)ccnc1C. The maximum Gasteiger partial charge on any atom is 0.256 e. The summed E-state index contributed by atoms with van der Waals surface area (Å²) in [5, 5.41) is 3.98. The van der Waals surface area contributed by atoms with Crippen LogP contribution in [0, 0.1) is 6.92 Å². The Morgan fingerprint density at radius 2 is 1.93 bits per heavy atom. The van der Waals surface area contributed by atoms with E-state index >= 15 is 0 Å². The molecule has 0 spiro atoms. The van der Waals surface area contributed by atoms with Gasteiger partial charge in [0.25, 0.3) is 5.91 Å². The van der Waals surface area contributed by atoms with Gasteiger partial charge in [0.2, 0.25) is 5.89 Å². The fourth-order valence-corrected chi connectivity index (χ4v) is 2.91. The lowest BCUT2D eigenvalue weighted by Gasteiger charge is -2.21. The van der Waals surface area contributed by atoms with Gasteiger partial charge in [-0.15, -0.1) is 0 Å². The number of benzene rings is 1. The summed E-state index contributed by atoms with van der Waals surface area (Å²) >= 11 is 0. The molecule has 0 aliphatic rings. The predicted molar refractivity (Wildman–Crippen MR) is 103 cm³/mol. The number of aryl methyl sites for hydroxylation is 1. The van der Waals surface area contributed by atoms with Crippen molar-refractivity contribution in [3.8, 4) is 11.1 Å². The van der Waals surface area contributed by atoms with Crippen molar-refractivity contribution in [3.05, 3.63) is 65.6 Å². The van der Waals surface area contributed by atoms with Gasteiger partial charge in [0.1, 0.15) is 6.54 Å². The molecule has 0 saturated heterocycles. The second kappa shape index (κ2) is 8.12. The summed E-state index contributed by atoms with van der Waals surface area (Å²) in [5.74, 6) is 1.18. The van der Waals surface area contributed by atoms with E-state index in [9.17, 15) is 4.79 Å². The molecular formula is C21H24N4O2. The smallest absolute Gasteiger partial charge is 0.256 e. The van der Waals surface area contributed by atoms with Gasteiger partial charge < -0.3 is 9.42 Å². The lowest BCUT2D eigenvalue weighted by molar-refractivity contribution is 0.0734. The van der Waals surface area contributed by atoms with E-state index in [1.165, 1.54) is 0 Å². The van der Waals surface area contributed by atoms with Crippen molar-refractivity contribution < 1.29 is 9.32 Å². The minimum absolute atomic E-state index is 0.0914. The Balaban J connectivity index is 1.93. The van der Waals surface area contributed by atoms with Crippen LogP contribution in [0.25, 0.3) is 11.1 Å². The third-order valence-corrected chi connectivity index (χ3v) is 4.43. The second-order valence-electron chi connectivity index (χ2n) is 6.71. The van der Waals surface area contributed by atoms with Gasteiger partial charge in [-0.25, -0.2) is 0 Å². The number of hydrogen-bond acceptors (Lipinski definition) is 5. The molecule has 140 valence electrons. The van der Waals surface area contributed by atoms with Crippen LogP contribution in [-0.4, -0.2) is 32.5 Å². The normalized spacial score (nSPS) is 11.0. The van der Waals surface area contributed by atoms with Crippen LogP contribution in [-0.2, 0) is 6.54 Å². The molecule has 2 aromatic heterocycles. The van der Waals surface area contributed by atoms with Crippen molar-refractivity contribution in [3.63, 3.8) is 0 Å². The van der Waals surface area contributed by atoms with E-state index in [0.717, 1.165) is 11.1 Å². The Hall–Kier alpha value is -3.02. The number of nitrogens with zero attached hydrogens (tertiary/aromatic N) is 4. The van der Waals surface area contributed by atoms with Gasteiger partial charge in [0.15, 0.2) is 5.82 Å². The zero-order chi connectivity index (χ0) is 19.4. The second-order valence-corrected chi connectivity index (χ2v) is 6.71. The molecule has 1 aromatic carbocycles. The quantitative estimate of drug-likeness (QED) is 0.655. The van der Waals surface area contributed by atoms with Gasteiger partial charge in [-0.05, 0) is 31.0 Å². The number of hydrogen-bond donors (Lipinski definition) is 0. The highest BCUT2D eigenvalue weighted by atomic mass is 16.5. The molecule has 1 amide bonds. The van der Waals surface area contributed by atoms with Crippen LogP contribution in [0.5, 0.6) is 0 Å². The Morgan fingerprint density at radius 1 is 1.19 bits per heavy atom. The Labute approximate surface area is 159 Å². The Kier molecular flexibility index (Phi) is 5.64. The Morgan fingerprint density at radius 3 is 2.56 bits per heavy atom. The zero-order valence-corrected chi connectivity index (χ0v) is 16.1. The highest BCUT2D eigenvalue weighted by Gasteiger charge is 2.23. The molecule has 6 heteroatoms. The zero-order valence-electron chi connectivity index (χ0n) is 16.1. The van der Waals surface area contributed by atoms with E-state index in [-0.39, 0.29) is 18.4 Å². The first-order valence-corrected chi connectivity index (χ1v) is 9.14. The van der Waals surface area contributed by atoms with E-state index < -0.39 is 0 Å². The summed E-state index contributed by atoms with van der Waals surface area (Å²) in [4.78, 5) is 23.8. The average molecular weight is 364 g/mol. The third-order valence-electron chi connectivity index (χ3n) is 4.43. The van der Waals surface area contributed by atoms with Crippen molar-refractivity contribution in [2.75, 3.05) is 6.54 Å². The van der Waals surface area contributed by atoms with E-state index in [1.807, 2.05) is 64.1 Å². The van der Waals surface area contributed by atoms with E-state index in [0.29, 0.717) is 29.5 Å². The Bertz CT molecular complexity index is 919. The molecule has 0 N–H and O–H groups in total. The number of rotatable bonds is 6. The lowest BCUT2D eigenvalue weighted by atomic mass is 9.98. The number of carbonyl (C=O) groups excluding carboxylic acids is 1. The maximum atomic E-state index is 13.3. The monoisotopic (exact) mass is 364 g/mol. The van der Waals surface area contributed by atoms with Crippen LogP contribution < -0.4 is 0 Å². The molecule has 0 radical (unpaired) electrons. The molecule has 3 aromatic rings. The molecule has 0 unspecified atom stereocenters. The molecule has 0 bridgehead atoms. The topological polar surface area (TPSA) is 72.1 Å². The average Bonchev–Trinajstić information content (AvgIpc) is 3.15. The van der Waals surface area contributed by atoms with Crippen molar-refractivity contribution >= 4 is 5.91 Å². The number of carbonyl (C=O) groups is 1. The van der Waals surface area contributed by atoms with E-state index in [4.69, 9.17) is 4.52 Å². The molecule has 0 atom stereocenters. The fourth-order valence-electron chi connectivity index (χ4n) is 2.91. The summed E-state index contributed by atoms with van der Waals surface area (Å²) in [6.07, 6.45) is 1.73. The van der Waals surface area contributed by atoms with Gasteiger partial charge in [-0.1, -0.05) is 49.3 Å². The largest absolute Gasteiger partial charge is 0.337 e. The van der Waals surface area contributed by atoms with Crippen LogP contribution in [0.1, 0.15) is 54.5 Å². The van der Waals surface area contributed by atoms with Gasteiger partial charge in [0.05, 0.1) is 11.3 Å². The summed E-state index contributed by atoms with van der Waals surface area (Å²) in [7, 11) is 0. The van der Waals surface area contributed by atoms with Gasteiger partial charge in [0, 0.05) is 18.7 Å². The standard InChI is InChI=1S/C21H24N4O2/c1-5-25(13-18-23-20(14(2)3)24-27-18)21(26)19-15(4)22-12-11-17(19)16-9-7-6-8-10-16/h6-12,14H,5,13H2,1-4H3. The third kappa shape index (κ3) is 4.05. The first kappa shape index (κ1) is 18.8. The number of aromatic nitrogens is 3. The molecule has 6 nitrogen and oxygen atoms in total. The molecule has 0 fully saturated rings. The highest BCUT2D eigenvalue weighted by molar-refractivity contribution is 6.01.